The molecule has 1 aliphatic rings. The van der Waals surface area contributed by atoms with E-state index in [0.717, 1.165) is 24.0 Å². The Morgan fingerprint density at radius 2 is 2.14 bits per heavy atom. The number of hydrogen-bond acceptors (Lipinski definition) is 3. The van der Waals surface area contributed by atoms with Gasteiger partial charge >= 0.3 is 5.97 Å². The molecule has 7 heteroatoms. The number of hydrogen-bond donors (Lipinski definition) is 1. The minimum atomic E-state index is -0.943. The summed E-state index contributed by atoms with van der Waals surface area (Å²) in [4.78, 5) is 24.7. The predicted octanol–water partition coefficient (Wildman–Crippen LogP) is 2.32. The van der Waals surface area contributed by atoms with Crippen molar-refractivity contribution in [2.45, 2.75) is 25.3 Å². The number of halogens is 2. The fourth-order valence-corrected chi connectivity index (χ4v) is 3.54. The maximum atomic E-state index is 13.5. The van der Waals surface area contributed by atoms with Crippen LogP contribution in [0, 0.1) is 11.6 Å². The molecule has 1 aromatic rings. The fourth-order valence-electron chi connectivity index (χ4n) is 2.47. The van der Waals surface area contributed by atoms with Gasteiger partial charge in [-0.15, -0.1) is 0 Å². The highest BCUT2D eigenvalue weighted by molar-refractivity contribution is 7.99. The van der Waals surface area contributed by atoms with E-state index in [2.05, 4.69) is 0 Å². The van der Waals surface area contributed by atoms with Crippen LogP contribution in [0.1, 0.15) is 18.4 Å². The second-order valence-corrected chi connectivity index (χ2v) is 6.30. The van der Waals surface area contributed by atoms with Gasteiger partial charge in [-0.1, -0.05) is 0 Å². The van der Waals surface area contributed by atoms with Gasteiger partial charge in [-0.25, -0.2) is 8.78 Å². The molecule has 0 spiro atoms. The van der Waals surface area contributed by atoms with Gasteiger partial charge in [-0.3, -0.25) is 9.59 Å². The van der Waals surface area contributed by atoms with E-state index in [4.69, 9.17) is 5.11 Å². The number of benzene rings is 1. The molecule has 1 fully saturated rings. The number of aliphatic carboxylic acids is 1. The highest BCUT2D eigenvalue weighted by Crippen LogP contribution is 2.21. The monoisotopic (exact) mass is 329 g/mol. The standard InChI is InChI=1S/C15H17F2NO3S/c16-11-2-3-13(17)10(7-11)1-4-14(19)18-5-6-22-9-12(18)8-15(20)21/h2-3,7,12H,1,4-6,8-9H2,(H,20,21). The maximum absolute atomic E-state index is 13.5. The van der Waals surface area contributed by atoms with Gasteiger partial charge in [0.05, 0.1) is 12.5 Å². The summed E-state index contributed by atoms with van der Waals surface area (Å²) in [6, 6.07) is 2.83. The Balaban J connectivity index is 1.97. The second kappa shape index (κ2) is 7.58. The molecular formula is C15H17F2NO3S. The minimum absolute atomic E-state index is 0.0428. The van der Waals surface area contributed by atoms with Gasteiger partial charge in [-0.05, 0) is 30.2 Å². The SMILES string of the molecule is O=C(O)CC1CSCCN1C(=O)CCc1cc(F)ccc1F. The van der Waals surface area contributed by atoms with Crippen molar-refractivity contribution in [1.29, 1.82) is 0 Å². The molecule has 4 nitrogen and oxygen atoms in total. The number of thioether (sulfide) groups is 1. The van der Waals surface area contributed by atoms with Gasteiger partial charge in [-0.2, -0.15) is 11.8 Å². The van der Waals surface area contributed by atoms with E-state index in [9.17, 15) is 18.4 Å². The summed E-state index contributed by atoms with van der Waals surface area (Å²) >= 11 is 1.62. The number of amides is 1. The molecule has 2 rings (SSSR count). The van der Waals surface area contributed by atoms with Crippen molar-refractivity contribution >= 4 is 23.6 Å². The Hall–Kier alpha value is -1.63. The highest BCUT2D eigenvalue weighted by atomic mass is 32.2. The zero-order valence-corrected chi connectivity index (χ0v) is 12.7. The summed E-state index contributed by atoms with van der Waals surface area (Å²) in [7, 11) is 0. The van der Waals surface area contributed by atoms with E-state index >= 15 is 0 Å². The van der Waals surface area contributed by atoms with Gasteiger partial charge in [0.1, 0.15) is 11.6 Å². The van der Waals surface area contributed by atoms with Crippen molar-refractivity contribution in [3.63, 3.8) is 0 Å². The van der Waals surface area contributed by atoms with Crippen LogP contribution in [0.5, 0.6) is 0 Å². The molecule has 1 heterocycles. The fraction of sp³-hybridized carbons (Fsp3) is 0.467. The van der Waals surface area contributed by atoms with E-state index in [0.29, 0.717) is 12.3 Å². The van der Waals surface area contributed by atoms with Crippen LogP contribution in [0.25, 0.3) is 0 Å². The lowest BCUT2D eigenvalue weighted by Gasteiger charge is -2.34. The van der Waals surface area contributed by atoms with Crippen molar-refractivity contribution in [3.05, 3.63) is 35.4 Å². The van der Waals surface area contributed by atoms with Crippen LogP contribution in [-0.2, 0) is 16.0 Å². The first-order chi connectivity index (χ1) is 10.5. The highest BCUT2D eigenvalue weighted by Gasteiger charge is 2.28. The Kier molecular flexibility index (Phi) is 5.76. The molecule has 1 aliphatic heterocycles. The quantitative estimate of drug-likeness (QED) is 0.901. The number of carbonyl (C=O) groups is 2. The molecule has 1 atom stereocenters. The van der Waals surface area contributed by atoms with Crippen molar-refractivity contribution in [2.24, 2.45) is 0 Å². The Morgan fingerprint density at radius 3 is 2.86 bits per heavy atom. The van der Waals surface area contributed by atoms with Crippen LogP contribution in [0.2, 0.25) is 0 Å². The summed E-state index contributed by atoms with van der Waals surface area (Å²) in [5.41, 5.74) is 0.162. The van der Waals surface area contributed by atoms with Crippen LogP contribution in [0.4, 0.5) is 8.78 Å². The lowest BCUT2D eigenvalue weighted by Crippen LogP contribution is -2.47. The number of carboxylic acid groups (broad SMARTS) is 1. The first kappa shape index (κ1) is 16.7. The van der Waals surface area contributed by atoms with E-state index in [1.165, 1.54) is 0 Å². The topological polar surface area (TPSA) is 57.6 Å². The smallest absolute Gasteiger partial charge is 0.305 e. The zero-order valence-electron chi connectivity index (χ0n) is 11.9. The molecule has 0 saturated carbocycles. The number of aryl methyl sites for hydroxylation is 1. The molecule has 1 N–H and O–H groups in total. The lowest BCUT2D eigenvalue weighted by atomic mass is 10.1. The minimum Gasteiger partial charge on any atom is -0.481 e. The number of nitrogens with zero attached hydrogens (tertiary/aromatic N) is 1. The Morgan fingerprint density at radius 1 is 1.36 bits per heavy atom. The number of carboxylic acids is 1. The van der Waals surface area contributed by atoms with Gasteiger partial charge in [0.25, 0.3) is 0 Å². The average Bonchev–Trinajstić information content (AvgIpc) is 2.48. The zero-order chi connectivity index (χ0) is 16.1. The first-order valence-electron chi connectivity index (χ1n) is 7.00. The van der Waals surface area contributed by atoms with Crippen LogP contribution >= 0.6 is 11.8 Å². The molecule has 120 valence electrons. The third-order valence-electron chi connectivity index (χ3n) is 3.57. The summed E-state index contributed by atoms with van der Waals surface area (Å²) < 4.78 is 26.6. The molecule has 22 heavy (non-hydrogen) atoms. The Bertz CT molecular complexity index is 568. The molecular weight excluding hydrogens is 312 g/mol. The van der Waals surface area contributed by atoms with Crippen molar-refractivity contribution < 1.29 is 23.5 Å². The van der Waals surface area contributed by atoms with Gasteiger partial charge in [0.15, 0.2) is 0 Å². The first-order valence-corrected chi connectivity index (χ1v) is 8.16. The maximum Gasteiger partial charge on any atom is 0.305 e. The summed E-state index contributed by atoms with van der Waals surface area (Å²) in [5, 5.41) is 8.90. The molecule has 0 radical (unpaired) electrons. The number of rotatable bonds is 5. The predicted molar refractivity (Wildman–Crippen MR) is 79.8 cm³/mol. The van der Waals surface area contributed by atoms with Gasteiger partial charge in [0.2, 0.25) is 5.91 Å². The van der Waals surface area contributed by atoms with Crippen molar-refractivity contribution in [3.8, 4) is 0 Å². The van der Waals surface area contributed by atoms with Crippen LogP contribution in [-0.4, -0.2) is 46.0 Å². The third-order valence-corrected chi connectivity index (χ3v) is 4.67. The largest absolute Gasteiger partial charge is 0.481 e. The molecule has 1 saturated heterocycles. The second-order valence-electron chi connectivity index (χ2n) is 5.15. The van der Waals surface area contributed by atoms with Crippen molar-refractivity contribution in [2.75, 3.05) is 18.1 Å². The van der Waals surface area contributed by atoms with Crippen LogP contribution in [0.15, 0.2) is 18.2 Å². The van der Waals surface area contributed by atoms with Gasteiger partial charge < -0.3 is 10.0 Å². The van der Waals surface area contributed by atoms with Gasteiger partial charge in [0, 0.05) is 24.5 Å². The molecule has 0 bridgehead atoms. The molecule has 1 unspecified atom stereocenters. The van der Waals surface area contributed by atoms with Crippen molar-refractivity contribution in [1.82, 2.24) is 4.90 Å². The van der Waals surface area contributed by atoms with E-state index < -0.39 is 17.6 Å². The molecule has 0 aromatic heterocycles. The van der Waals surface area contributed by atoms with E-state index in [1.54, 1.807) is 16.7 Å². The van der Waals surface area contributed by atoms with E-state index in [-0.39, 0.29) is 36.8 Å². The Labute approximate surface area is 131 Å². The molecule has 0 aliphatic carbocycles. The lowest BCUT2D eigenvalue weighted by molar-refractivity contribution is -0.140. The van der Waals surface area contributed by atoms with Crippen LogP contribution in [0.3, 0.4) is 0 Å². The number of carbonyl (C=O) groups excluding carboxylic acids is 1. The summed E-state index contributed by atoms with van der Waals surface area (Å²) in [6.07, 6.45) is 0.0556. The van der Waals surface area contributed by atoms with E-state index in [1.807, 2.05) is 0 Å². The third kappa shape index (κ3) is 4.43. The normalized spacial score (nSPS) is 18.3. The summed E-state index contributed by atoms with van der Waals surface area (Å²) in [5.74, 6) is -0.883. The molecule has 1 aromatic carbocycles. The van der Waals surface area contributed by atoms with Crippen LogP contribution < -0.4 is 0 Å². The molecule has 1 amide bonds. The average molecular weight is 329 g/mol. The summed E-state index contributed by atoms with van der Waals surface area (Å²) in [6.45, 7) is 0.493.